The van der Waals surface area contributed by atoms with Crippen LogP contribution in [0.2, 0.25) is 0 Å². The third-order valence-corrected chi connectivity index (χ3v) is 5.47. The zero-order valence-corrected chi connectivity index (χ0v) is 14.7. The highest BCUT2D eigenvalue weighted by molar-refractivity contribution is 7.09. The molecule has 1 aromatic heterocycles. The van der Waals surface area contributed by atoms with E-state index in [1.165, 1.54) is 4.88 Å². The van der Waals surface area contributed by atoms with Crippen LogP contribution in [0.5, 0.6) is 0 Å². The number of hydrogen-bond acceptors (Lipinski definition) is 5. The lowest BCUT2D eigenvalue weighted by Crippen LogP contribution is -2.53. The molecule has 3 heterocycles. The fraction of sp³-hybridized carbons (Fsp3) is 0.647. The molecule has 2 aliphatic rings. The Morgan fingerprint density at radius 2 is 2.12 bits per heavy atom. The molecular weight excluding hydrogens is 326 g/mol. The number of hydrogen-bond donors (Lipinski definition) is 1. The van der Waals surface area contributed by atoms with Gasteiger partial charge in [-0.1, -0.05) is 6.07 Å². The average Bonchev–Trinajstić information content (AvgIpc) is 3.29. The zero-order valence-electron chi connectivity index (χ0n) is 13.9. The first-order valence-electron chi connectivity index (χ1n) is 8.64. The summed E-state index contributed by atoms with van der Waals surface area (Å²) in [6.45, 7) is 4.64. The van der Waals surface area contributed by atoms with E-state index in [4.69, 9.17) is 4.74 Å². The topological polar surface area (TPSA) is 61.9 Å². The minimum Gasteiger partial charge on any atom is -0.368 e. The van der Waals surface area contributed by atoms with E-state index in [1.807, 2.05) is 11.0 Å². The number of ether oxygens (including phenoxy) is 1. The maximum Gasteiger partial charge on any atom is 0.251 e. The molecule has 3 rings (SSSR count). The summed E-state index contributed by atoms with van der Waals surface area (Å²) < 4.78 is 5.47. The van der Waals surface area contributed by atoms with Gasteiger partial charge in [0.25, 0.3) is 5.91 Å². The Morgan fingerprint density at radius 1 is 1.29 bits per heavy atom. The zero-order chi connectivity index (χ0) is 16.8. The fourth-order valence-corrected chi connectivity index (χ4v) is 3.85. The number of amides is 2. The highest BCUT2D eigenvalue weighted by Crippen LogP contribution is 2.16. The Kier molecular flexibility index (Phi) is 6.23. The van der Waals surface area contributed by atoms with Crippen LogP contribution in [0, 0.1) is 0 Å². The van der Waals surface area contributed by atoms with Crippen LogP contribution in [0.1, 0.15) is 17.7 Å². The molecule has 6 nitrogen and oxygen atoms in total. The van der Waals surface area contributed by atoms with E-state index in [0.717, 1.165) is 32.4 Å². The lowest BCUT2D eigenvalue weighted by molar-refractivity contribution is -0.142. The summed E-state index contributed by atoms with van der Waals surface area (Å²) in [7, 11) is 0. The summed E-state index contributed by atoms with van der Waals surface area (Å²) in [6, 6.07) is 4.11. The molecular formula is C17H25N3O3S. The van der Waals surface area contributed by atoms with Gasteiger partial charge in [0.2, 0.25) is 5.91 Å². The molecule has 1 atom stereocenters. The van der Waals surface area contributed by atoms with Crippen LogP contribution < -0.4 is 5.32 Å². The van der Waals surface area contributed by atoms with Crippen LogP contribution in [0.3, 0.4) is 0 Å². The van der Waals surface area contributed by atoms with Crippen molar-refractivity contribution in [2.24, 2.45) is 0 Å². The number of nitrogens with zero attached hydrogens (tertiary/aromatic N) is 2. The van der Waals surface area contributed by atoms with Crippen LogP contribution in [-0.4, -0.2) is 73.6 Å². The molecule has 24 heavy (non-hydrogen) atoms. The van der Waals surface area contributed by atoms with E-state index in [1.54, 1.807) is 11.3 Å². The van der Waals surface area contributed by atoms with Gasteiger partial charge in [-0.2, -0.15) is 0 Å². The summed E-state index contributed by atoms with van der Waals surface area (Å²) >= 11 is 1.71. The van der Waals surface area contributed by atoms with Crippen molar-refractivity contribution in [3.05, 3.63) is 22.4 Å². The Labute approximate surface area is 146 Å². The third-order valence-electron chi connectivity index (χ3n) is 4.53. The number of piperazine rings is 1. The molecule has 0 aromatic carbocycles. The molecule has 1 unspecified atom stereocenters. The van der Waals surface area contributed by atoms with Crippen molar-refractivity contribution in [1.82, 2.24) is 15.1 Å². The Morgan fingerprint density at radius 3 is 2.79 bits per heavy atom. The summed E-state index contributed by atoms with van der Waals surface area (Å²) in [4.78, 5) is 29.6. The molecule has 7 heteroatoms. The molecule has 132 valence electrons. The maximum absolute atomic E-state index is 12.3. The first-order valence-corrected chi connectivity index (χ1v) is 9.52. The van der Waals surface area contributed by atoms with E-state index in [-0.39, 0.29) is 17.9 Å². The smallest absolute Gasteiger partial charge is 0.251 e. The normalized spacial score (nSPS) is 21.8. The van der Waals surface area contributed by atoms with Gasteiger partial charge in [-0.25, -0.2) is 0 Å². The van der Waals surface area contributed by atoms with Crippen molar-refractivity contribution in [3.63, 3.8) is 0 Å². The van der Waals surface area contributed by atoms with Gasteiger partial charge in [0.1, 0.15) is 6.10 Å². The molecule has 0 radical (unpaired) electrons. The molecule has 0 aliphatic carbocycles. The number of nitrogens with one attached hydrogen (secondary N) is 1. The van der Waals surface area contributed by atoms with Crippen molar-refractivity contribution in [2.75, 3.05) is 45.9 Å². The average molecular weight is 351 g/mol. The van der Waals surface area contributed by atoms with Crippen molar-refractivity contribution in [1.29, 1.82) is 0 Å². The second-order valence-corrected chi connectivity index (χ2v) is 7.31. The lowest BCUT2D eigenvalue weighted by Gasteiger charge is -2.35. The van der Waals surface area contributed by atoms with Gasteiger partial charge in [-0.05, 0) is 30.7 Å². The molecule has 2 saturated heterocycles. The largest absolute Gasteiger partial charge is 0.368 e. The Hall–Kier alpha value is -1.44. The molecule has 0 bridgehead atoms. The first kappa shape index (κ1) is 17.4. The summed E-state index contributed by atoms with van der Waals surface area (Å²) in [5.74, 6) is 0.179. The SMILES string of the molecule is O=C(CN1CCN(C(=O)C2CCCO2)CC1)NCCc1cccs1. The van der Waals surface area contributed by atoms with Crippen molar-refractivity contribution in [2.45, 2.75) is 25.4 Å². The number of carbonyl (C=O) groups is 2. The summed E-state index contributed by atoms with van der Waals surface area (Å²) in [5.41, 5.74) is 0. The fourth-order valence-electron chi connectivity index (χ4n) is 3.14. The van der Waals surface area contributed by atoms with Gasteiger partial charge >= 0.3 is 0 Å². The van der Waals surface area contributed by atoms with Crippen LogP contribution in [0.15, 0.2) is 17.5 Å². The number of carbonyl (C=O) groups excluding carboxylic acids is 2. The van der Waals surface area contributed by atoms with Gasteiger partial charge in [-0.15, -0.1) is 11.3 Å². The van der Waals surface area contributed by atoms with Crippen LogP contribution in [0.4, 0.5) is 0 Å². The quantitative estimate of drug-likeness (QED) is 0.821. The lowest BCUT2D eigenvalue weighted by atomic mass is 10.2. The van der Waals surface area contributed by atoms with Crippen molar-refractivity contribution in [3.8, 4) is 0 Å². The van der Waals surface area contributed by atoms with Crippen molar-refractivity contribution < 1.29 is 14.3 Å². The monoisotopic (exact) mass is 351 g/mol. The summed E-state index contributed by atoms with van der Waals surface area (Å²) in [5, 5.41) is 5.02. The van der Waals surface area contributed by atoms with E-state index >= 15 is 0 Å². The standard InChI is InChI=1S/C17H25N3O3S/c21-16(18-6-5-14-3-2-12-24-14)13-19-7-9-20(10-8-19)17(22)15-4-1-11-23-15/h2-3,12,15H,1,4-11,13H2,(H,18,21). The van der Waals surface area contributed by atoms with Gasteiger partial charge in [-0.3, -0.25) is 14.5 Å². The van der Waals surface area contributed by atoms with Crippen LogP contribution >= 0.6 is 11.3 Å². The molecule has 1 aromatic rings. The number of rotatable bonds is 6. The molecule has 2 amide bonds. The van der Waals surface area contributed by atoms with E-state index in [0.29, 0.717) is 32.8 Å². The van der Waals surface area contributed by atoms with E-state index in [9.17, 15) is 9.59 Å². The molecule has 2 aliphatic heterocycles. The predicted octanol–water partition coefficient (Wildman–Crippen LogP) is 0.730. The van der Waals surface area contributed by atoms with Crippen molar-refractivity contribution >= 4 is 23.2 Å². The molecule has 2 fully saturated rings. The van der Waals surface area contributed by atoms with Gasteiger partial charge in [0.05, 0.1) is 6.54 Å². The third kappa shape index (κ3) is 4.78. The minimum absolute atomic E-state index is 0.0606. The van der Waals surface area contributed by atoms with E-state index < -0.39 is 0 Å². The van der Waals surface area contributed by atoms with Gasteiger partial charge in [0, 0.05) is 44.2 Å². The molecule has 0 saturated carbocycles. The Bertz CT molecular complexity index is 535. The van der Waals surface area contributed by atoms with Gasteiger partial charge in [0.15, 0.2) is 0 Å². The number of thiophene rings is 1. The Balaban J connectivity index is 1.32. The summed E-state index contributed by atoms with van der Waals surface area (Å²) in [6.07, 6.45) is 2.46. The molecule has 1 N–H and O–H groups in total. The second kappa shape index (κ2) is 8.60. The maximum atomic E-state index is 12.3. The predicted molar refractivity (Wildman–Crippen MR) is 93.0 cm³/mol. The highest BCUT2D eigenvalue weighted by atomic mass is 32.1. The van der Waals surface area contributed by atoms with Gasteiger partial charge < -0.3 is 15.0 Å². The highest BCUT2D eigenvalue weighted by Gasteiger charge is 2.30. The first-order chi connectivity index (χ1) is 11.7. The van der Waals surface area contributed by atoms with Crippen LogP contribution in [-0.2, 0) is 20.7 Å². The molecule has 0 spiro atoms. The van der Waals surface area contributed by atoms with E-state index in [2.05, 4.69) is 21.7 Å². The van der Waals surface area contributed by atoms with Crippen LogP contribution in [0.25, 0.3) is 0 Å². The second-order valence-electron chi connectivity index (χ2n) is 6.28. The minimum atomic E-state index is -0.239.